The average Bonchev–Trinajstić information content (AvgIpc) is 2.19. The minimum absolute atomic E-state index is 0.0674. The molecule has 3 heteroatoms. The molecule has 1 rings (SSSR count). The lowest BCUT2D eigenvalue weighted by molar-refractivity contribution is -0.115. The number of hydrogen-bond donors (Lipinski definition) is 1. The molecule has 14 heavy (non-hydrogen) atoms. The van der Waals surface area contributed by atoms with Gasteiger partial charge in [0.1, 0.15) is 0 Å². The molecule has 0 spiro atoms. The first-order chi connectivity index (χ1) is 6.74. The Morgan fingerprint density at radius 1 is 1.43 bits per heavy atom. The summed E-state index contributed by atoms with van der Waals surface area (Å²) >= 11 is 2.18. The van der Waals surface area contributed by atoms with Crippen molar-refractivity contribution in [3.8, 4) is 0 Å². The Kier molecular flexibility index (Phi) is 4.93. The van der Waals surface area contributed by atoms with E-state index in [0.717, 1.165) is 18.5 Å². The first kappa shape index (κ1) is 11.5. The van der Waals surface area contributed by atoms with E-state index in [9.17, 15) is 4.79 Å². The van der Waals surface area contributed by atoms with Crippen molar-refractivity contribution in [2.24, 2.45) is 0 Å². The highest BCUT2D eigenvalue weighted by molar-refractivity contribution is 14.1. The van der Waals surface area contributed by atoms with Gasteiger partial charge in [0.05, 0.1) is 3.92 Å². The molecule has 1 aromatic carbocycles. The number of carbonyl (C=O) groups excluding carboxylic acids is 1. The van der Waals surface area contributed by atoms with Gasteiger partial charge >= 0.3 is 0 Å². The van der Waals surface area contributed by atoms with Crippen LogP contribution in [0.15, 0.2) is 30.3 Å². The maximum atomic E-state index is 11.6. The molecule has 0 heterocycles. The predicted octanol–water partition coefficient (Wildman–Crippen LogP) is 3.23. The fraction of sp³-hybridized carbons (Fsp3) is 0.364. The van der Waals surface area contributed by atoms with Crippen molar-refractivity contribution < 1.29 is 4.79 Å². The van der Waals surface area contributed by atoms with E-state index in [1.54, 1.807) is 0 Å². The van der Waals surface area contributed by atoms with Gasteiger partial charge in [0, 0.05) is 5.69 Å². The van der Waals surface area contributed by atoms with Gasteiger partial charge in [0.25, 0.3) is 0 Å². The second-order valence-electron chi connectivity index (χ2n) is 3.11. The highest BCUT2D eigenvalue weighted by Crippen LogP contribution is 2.12. The van der Waals surface area contributed by atoms with Gasteiger partial charge in [0.2, 0.25) is 5.91 Å². The highest BCUT2D eigenvalue weighted by Gasteiger charge is 2.12. The van der Waals surface area contributed by atoms with Crippen LogP contribution in [0, 0.1) is 0 Å². The molecule has 1 unspecified atom stereocenters. The Hall–Kier alpha value is -0.580. The maximum absolute atomic E-state index is 11.6. The molecule has 0 radical (unpaired) electrons. The lowest BCUT2D eigenvalue weighted by atomic mass is 10.2. The first-order valence-corrected chi connectivity index (χ1v) is 5.98. The van der Waals surface area contributed by atoms with Crippen molar-refractivity contribution in [3.05, 3.63) is 30.3 Å². The number of rotatable bonds is 4. The van der Waals surface area contributed by atoms with Gasteiger partial charge in [-0.2, -0.15) is 0 Å². The standard InChI is InChI=1S/C11H14INO/c1-2-6-10(12)11(14)13-9-7-4-3-5-8-9/h3-5,7-8,10H,2,6H2,1H3,(H,13,14). The number of halogens is 1. The number of anilines is 1. The van der Waals surface area contributed by atoms with Crippen molar-refractivity contribution in [3.63, 3.8) is 0 Å². The van der Waals surface area contributed by atoms with Crippen LogP contribution in [0.5, 0.6) is 0 Å². The SMILES string of the molecule is CCCC(I)C(=O)Nc1ccccc1. The summed E-state index contributed by atoms with van der Waals surface area (Å²) in [5.41, 5.74) is 0.871. The third-order valence-corrected chi connectivity index (χ3v) is 3.06. The molecule has 0 aliphatic heterocycles. The molecule has 1 atom stereocenters. The molecule has 1 amide bonds. The van der Waals surface area contributed by atoms with Crippen molar-refractivity contribution in [1.29, 1.82) is 0 Å². The number of para-hydroxylation sites is 1. The van der Waals surface area contributed by atoms with Crippen LogP contribution < -0.4 is 5.32 Å². The van der Waals surface area contributed by atoms with Gasteiger partial charge in [-0.15, -0.1) is 0 Å². The summed E-state index contributed by atoms with van der Waals surface area (Å²) in [7, 11) is 0. The quantitative estimate of drug-likeness (QED) is 0.671. The molecular weight excluding hydrogens is 289 g/mol. The summed E-state index contributed by atoms with van der Waals surface area (Å²) in [5.74, 6) is 0.0960. The maximum Gasteiger partial charge on any atom is 0.237 e. The summed E-state index contributed by atoms with van der Waals surface area (Å²) in [6.07, 6.45) is 1.97. The summed E-state index contributed by atoms with van der Waals surface area (Å²) in [5, 5.41) is 2.88. The number of alkyl halides is 1. The normalized spacial score (nSPS) is 12.1. The minimum Gasteiger partial charge on any atom is -0.325 e. The van der Waals surface area contributed by atoms with Crippen LogP contribution >= 0.6 is 22.6 Å². The fourth-order valence-corrected chi connectivity index (χ4v) is 1.91. The number of benzene rings is 1. The summed E-state index contributed by atoms with van der Waals surface area (Å²) in [4.78, 5) is 11.6. The summed E-state index contributed by atoms with van der Waals surface area (Å²) < 4.78 is 0.0674. The second-order valence-corrected chi connectivity index (χ2v) is 4.62. The monoisotopic (exact) mass is 303 g/mol. The second kappa shape index (κ2) is 6.01. The molecule has 0 aliphatic carbocycles. The third-order valence-electron chi connectivity index (χ3n) is 1.87. The Morgan fingerprint density at radius 2 is 2.07 bits per heavy atom. The zero-order valence-electron chi connectivity index (χ0n) is 8.16. The topological polar surface area (TPSA) is 29.1 Å². The Bertz CT molecular complexity index is 287. The minimum atomic E-state index is 0.0674. The zero-order chi connectivity index (χ0) is 10.4. The van der Waals surface area contributed by atoms with Crippen molar-refractivity contribution >= 4 is 34.2 Å². The molecule has 1 N–H and O–H groups in total. The highest BCUT2D eigenvalue weighted by atomic mass is 127. The van der Waals surface area contributed by atoms with Gasteiger partial charge in [-0.25, -0.2) is 0 Å². The van der Waals surface area contributed by atoms with E-state index in [2.05, 4.69) is 34.8 Å². The average molecular weight is 303 g/mol. The van der Waals surface area contributed by atoms with E-state index in [4.69, 9.17) is 0 Å². The molecule has 0 aromatic heterocycles. The number of carbonyl (C=O) groups is 1. The fourth-order valence-electron chi connectivity index (χ4n) is 1.13. The lowest BCUT2D eigenvalue weighted by Gasteiger charge is -2.09. The van der Waals surface area contributed by atoms with Crippen LogP contribution in [0.2, 0.25) is 0 Å². The smallest absolute Gasteiger partial charge is 0.237 e. The van der Waals surface area contributed by atoms with E-state index >= 15 is 0 Å². The van der Waals surface area contributed by atoms with Crippen LogP contribution in [-0.2, 0) is 4.79 Å². The Morgan fingerprint density at radius 3 is 2.64 bits per heavy atom. The molecule has 0 bridgehead atoms. The van der Waals surface area contributed by atoms with Gasteiger partial charge in [-0.3, -0.25) is 4.79 Å². The Labute approximate surface area is 98.2 Å². The van der Waals surface area contributed by atoms with Crippen LogP contribution in [-0.4, -0.2) is 9.83 Å². The zero-order valence-corrected chi connectivity index (χ0v) is 10.3. The van der Waals surface area contributed by atoms with Crippen LogP contribution in [0.4, 0.5) is 5.69 Å². The molecule has 1 aromatic rings. The third kappa shape index (κ3) is 3.65. The number of nitrogens with one attached hydrogen (secondary N) is 1. The lowest BCUT2D eigenvalue weighted by Crippen LogP contribution is -2.22. The van der Waals surface area contributed by atoms with Crippen LogP contribution in [0.25, 0.3) is 0 Å². The molecule has 0 saturated carbocycles. The van der Waals surface area contributed by atoms with Crippen molar-refractivity contribution in [2.45, 2.75) is 23.7 Å². The van der Waals surface area contributed by atoms with Crippen LogP contribution in [0.3, 0.4) is 0 Å². The van der Waals surface area contributed by atoms with E-state index in [1.165, 1.54) is 0 Å². The molecule has 0 fully saturated rings. The predicted molar refractivity (Wildman–Crippen MR) is 67.8 cm³/mol. The Balaban J connectivity index is 2.49. The molecular formula is C11H14INO. The molecule has 0 saturated heterocycles. The number of amides is 1. The van der Waals surface area contributed by atoms with Gasteiger partial charge < -0.3 is 5.32 Å². The van der Waals surface area contributed by atoms with Gasteiger partial charge in [-0.05, 0) is 18.6 Å². The summed E-state index contributed by atoms with van der Waals surface area (Å²) in [6.45, 7) is 2.08. The van der Waals surface area contributed by atoms with Crippen molar-refractivity contribution in [2.75, 3.05) is 5.32 Å². The largest absolute Gasteiger partial charge is 0.325 e. The van der Waals surface area contributed by atoms with Gasteiger partial charge in [-0.1, -0.05) is 54.1 Å². The van der Waals surface area contributed by atoms with E-state index in [1.807, 2.05) is 30.3 Å². The van der Waals surface area contributed by atoms with Crippen LogP contribution in [0.1, 0.15) is 19.8 Å². The van der Waals surface area contributed by atoms with Gasteiger partial charge in [0.15, 0.2) is 0 Å². The number of hydrogen-bond acceptors (Lipinski definition) is 1. The molecule has 2 nitrogen and oxygen atoms in total. The van der Waals surface area contributed by atoms with E-state index in [-0.39, 0.29) is 9.83 Å². The first-order valence-electron chi connectivity index (χ1n) is 4.74. The molecule has 76 valence electrons. The van der Waals surface area contributed by atoms with Crippen molar-refractivity contribution in [1.82, 2.24) is 0 Å². The van der Waals surface area contributed by atoms with E-state index < -0.39 is 0 Å². The van der Waals surface area contributed by atoms with E-state index in [0.29, 0.717) is 0 Å². The summed E-state index contributed by atoms with van der Waals surface area (Å²) in [6, 6.07) is 9.55. The molecule has 0 aliphatic rings.